The van der Waals surface area contributed by atoms with Crippen LogP contribution in [0.15, 0.2) is 0 Å². The van der Waals surface area contributed by atoms with Gasteiger partial charge in [0.2, 0.25) is 5.91 Å². The van der Waals surface area contributed by atoms with Crippen molar-refractivity contribution in [3.8, 4) is 0 Å². The number of fused-ring (bicyclic) bond motifs is 1. The van der Waals surface area contributed by atoms with Crippen LogP contribution in [-0.4, -0.2) is 34.4 Å². The van der Waals surface area contributed by atoms with Crippen LogP contribution in [0.1, 0.15) is 51.6 Å². The maximum absolute atomic E-state index is 12.4. The van der Waals surface area contributed by atoms with Crippen molar-refractivity contribution in [3.05, 3.63) is 10.6 Å². The summed E-state index contributed by atoms with van der Waals surface area (Å²) in [6, 6.07) is -0.165. The molecule has 2 heterocycles. The van der Waals surface area contributed by atoms with Gasteiger partial charge in [-0.1, -0.05) is 32.1 Å². The first kappa shape index (κ1) is 17.7. The van der Waals surface area contributed by atoms with Gasteiger partial charge in [-0.3, -0.25) is 10.1 Å². The lowest BCUT2D eigenvalue weighted by Gasteiger charge is -2.29. The number of thiazole rings is 1. The van der Waals surface area contributed by atoms with Crippen LogP contribution in [0.25, 0.3) is 0 Å². The maximum atomic E-state index is 12.4. The van der Waals surface area contributed by atoms with E-state index in [1.165, 1.54) is 11.3 Å². The molecule has 0 saturated carbocycles. The van der Waals surface area contributed by atoms with Gasteiger partial charge in [0.25, 0.3) is 0 Å². The maximum Gasteiger partial charge on any atom is 0.321 e. The van der Waals surface area contributed by atoms with Crippen LogP contribution >= 0.6 is 11.3 Å². The largest absolute Gasteiger partial charge is 0.337 e. The molecular weight excluding hydrogens is 312 g/mol. The van der Waals surface area contributed by atoms with Crippen molar-refractivity contribution in [2.24, 2.45) is 5.41 Å². The van der Waals surface area contributed by atoms with Gasteiger partial charge in [-0.2, -0.15) is 0 Å². The van der Waals surface area contributed by atoms with Crippen LogP contribution in [0, 0.1) is 5.41 Å². The first-order chi connectivity index (χ1) is 10.6. The lowest BCUT2D eigenvalue weighted by Crippen LogP contribution is -2.37. The monoisotopic (exact) mass is 338 g/mol. The van der Waals surface area contributed by atoms with Crippen molar-refractivity contribution < 1.29 is 9.59 Å². The van der Waals surface area contributed by atoms with Crippen molar-refractivity contribution in [2.45, 2.75) is 60.0 Å². The van der Waals surface area contributed by atoms with Gasteiger partial charge in [0.05, 0.1) is 12.2 Å². The third-order valence-corrected chi connectivity index (χ3v) is 4.40. The van der Waals surface area contributed by atoms with E-state index in [4.69, 9.17) is 0 Å². The zero-order chi connectivity index (χ0) is 17.2. The SMILES string of the molecule is CC(C)NC(=O)Nc1nc2c(s1)CN(C(=O)CC(C)(C)C)CC2. The van der Waals surface area contributed by atoms with Crippen LogP contribution in [0.3, 0.4) is 0 Å². The minimum absolute atomic E-state index is 0.00723. The Balaban J connectivity index is 1.99. The molecule has 6 nitrogen and oxygen atoms in total. The Bertz CT molecular complexity index is 589. The average Bonchev–Trinajstić information content (AvgIpc) is 2.76. The highest BCUT2D eigenvalue weighted by atomic mass is 32.1. The van der Waals surface area contributed by atoms with E-state index in [0.717, 1.165) is 17.0 Å². The Kier molecular flexibility index (Phi) is 5.29. The Hall–Kier alpha value is -1.63. The molecular formula is C16H26N4O2S. The van der Waals surface area contributed by atoms with Gasteiger partial charge in [-0.15, -0.1) is 0 Å². The second-order valence-corrected chi connectivity index (χ2v) is 8.53. The molecule has 0 aliphatic carbocycles. The summed E-state index contributed by atoms with van der Waals surface area (Å²) in [4.78, 5) is 31.5. The summed E-state index contributed by atoms with van der Waals surface area (Å²) in [5.74, 6) is 0.184. The highest BCUT2D eigenvalue weighted by Crippen LogP contribution is 2.29. The molecule has 7 heteroatoms. The molecule has 0 radical (unpaired) electrons. The number of amides is 3. The molecule has 0 aromatic carbocycles. The minimum Gasteiger partial charge on any atom is -0.337 e. The first-order valence-corrected chi connectivity index (χ1v) is 8.79. The van der Waals surface area contributed by atoms with Crippen molar-refractivity contribution in [2.75, 3.05) is 11.9 Å². The van der Waals surface area contributed by atoms with E-state index in [1.807, 2.05) is 18.7 Å². The molecule has 2 rings (SSSR count). The van der Waals surface area contributed by atoms with E-state index in [9.17, 15) is 9.59 Å². The lowest BCUT2D eigenvalue weighted by molar-refractivity contribution is -0.133. The van der Waals surface area contributed by atoms with E-state index in [-0.39, 0.29) is 23.4 Å². The molecule has 2 N–H and O–H groups in total. The molecule has 1 aromatic rings. The van der Waals surface area contributed by atoms with Crippen LogP contribution < -0.4 is 10.6 Å². The van der Waals surface area contributed by atoms with Gasteiger partial charge < -0.3 is 10.2 Å². The van der Waals surface area contributed by atoms with Gasteiger partial charge >= 0.3 is 6.03 Å². The van der Waals surface area contributed by atoms with Crippen LogP contribution in [0.2, 0.25) is 0 Å². The predicted octanol–water partition coefficient (Wildman–Crippen LogP) is 2.99. The number of carbonyl (C=O) groups excluding carboxylic acids is 2. The Morgan fingerprint density at radius 1 is 1.35 bits per heavy atom. The van der Waals surface area contributed by atoms with Gasteiger partial charge in [0, 0.05) is 30.3 Å². The molecule has 23 heavy (non-hydrogen) atoms. The minimum atomic E-state index is -0.244. The van der Waals surface area contributed by atoms with E-state index in [1.54, 1.807) is 0 Å². The van der Waals surface area contributed by atoms with Gasteiger partial charge in [-0.05, 0) is 19.3 Å². The number of aromatic nitrogens is 1. The van der Waals surface area contributed by atoms with Crippen LogP contribution in [-0.2, 0) is 17.8 Å². The van der Waals surface area contributed by atoms with Crippen molar-refractivity contribution in [3.63, 3.8) is 0 Å². The van der Waals surface area contributed by atoms with Crippen molar-refractivity contribution in [1.82, 2.24) is 15.2 Å². The van der Waals surface area contributed by atoms with E-state index < -0.39 is 0 Å². The van der Waals surface area contributed by atoms with Gasteiger partial charge in [-0.25, -0.2) is 9.78 Å². The normalized spacial score (nSPS) is 14.6. The molecule has 0 fully saturated rings. The predicted molar refractivity (Wildman–Crippen MR) is 92.6 cm³/mol. The summed E-state index contributed by atoms with van der Waals surface area (Å²) in [7, 11) is 0. The topological polar surface area (TPSA) is 74.3 Å². The third kappa shape index (κ3) is 5.20. The molecule has 1 aliphatic rings. The van der Waals surface area contributed by atoms with E-state index in [2.05, 4.69) is 36.4 Å². The Morgan fingerprint density at radius 2 is 2.04 bits per heavy atom. The number of carbonyl (C=O) groups is 2. The second kappa shape index (κ2) is 6.86. The number of hydrogen-bond donors (Lipinski definition) is 2. The van der Waals surface area contributed by atoms with Gasteiger partial charge in [0.1, 0.15) is 0 Å². The summed E-state index contributed by atoms with van der Waals surface area (Å²) < 4.78 is 0. The third-order valence-electron chi connectivity index (χ3n) is 3.41. The lowest BCUT2D eigenvalue weighted by atomic mass is 9.91. The molecule has 0 atom stereocenters. The summed E-state index contributed by atoms with van der Waals surface area (Å²) in [5, 5.41) is 6.14. The average molecular weight is 338 g/mol. The fourth-order valence-corrected chi connectivity index (χ4v) is 3.44. The molecule has 1 aromatic heterocycles. The van der Waals surface area contributed by atoms with Crippen LogP contribution in [0.5, 0.6) is 0 Å². The summed E-state index contributed by atoms with van der Waals surface area (Å²) >= 11 is 1.45. The molecule has 0 saturated heterocycles. The van der Waals surface area contributed by atoms with E-state index in [0.29, 0.717) is 24.6 Å². The highest BCUT2D eigenvalue weighted by molar-refractivity contribution is 7.15. The Morgan fingerprint density at radius 3 is 2.65 bits per heavy atom. The zero-order valence-corrected chi connectivity index (χ0v) is 15.3. The summed E-state index contributed by atoms with van der Waals surface area (Å²) in [6.45, 7) is 11.3. The number of hydrogen-bond acceptors (Lipinski definition) is 4. The quantitative estimate of drug-likeness (QED) is 0.890. The molecule has 0 unspecified atom stereocenters. The summed E-state index contributed by atoms with van der Waals surface area (Å²) in [5.41, 5.74) is 0.988. The highest BCUT2D eigenvalue weighted by Gasteiger charge is 2.27. The molecule has 0 spiro atoms. The second-order valence-electron chi connectivity index (χ2n) is 7.44. The molecule has 3 amide bonds. The first-order valence-electron chi connectivity index (χ1n) is 7.98. The number of urea groups is 1. The molecule has 128 valence electrons. The van der Waals surface area contributed by atoms with Crippen LogP contribution in [0.4, 0.5) is 9.93 Å². The molecule has 1 aliphatic heterocycles. The van der Waals surface area contributed by atoms with Crippen molar-refractivity contribution >= 4 is 28.4 Å². The van der Waals surface area contributed by atoms with Crippen molar-refractivity contribution in [1.29, 1.82) is 0 Å². The molecule has 0 bridgehead atoms. The van der Waals surface area contributed by atoms with E-state index >= 15 is 0 Å². The zero-order valence-electron chi connectivity index (χ0n) is 14.5. The standard InChI is InChI=1S/C16H26N4O2S/c1-10(2)17-14(22)19-15-18-11-6-7-20(9-12(11)23-15)13(21)8-16(3,4)5/h10H,6-9H2,1-5H3,(H2,17,18,19,22). The number of nitrogens with zero attached hydrogens (tertiary/aromatic N) is 2. The smallest absolute Gasteiger partial charge is 0.321 e. The van der Waals surface area contributed by atoms with Gasteiger partial charge in [0.15, 0.2) is 5.13 Å². The Labute approximate surface area is 141 Å². The number of nitrogens with one attached hydrogen (secondary N) is 2. The fraction of sp³-hybridized carbons (Fsp3) is 0.688. The number of anilines is 1. The number of rotatable bonds is 3. The summed E-state index contributed by atoms with van der Waals surface area (Å²) in [6.07, 6.45) is 1.29. The fourth-order valence-electron chi connectivity index (χ4n) is 2.42.